The second kappa shape index (κ2) is 4.62. The zero-order valence-electron chi connectivity index (χ0n) is 9.42. The van der Waals surface area contributed by atoms with Crippen LogP contribution in [0.5, 0.6) is 0 Å². The maximum Gasteiger partial charge on any atom is 0.150 e. The summed E-state index contributed by atoms with van der Waals surface area (Å²) in [5.74, 6) is 0.889. The van der Waals surface area contributed by atoms with E-state index >= 15 is 0 Å². The minimum absolute atomic E-state index is 0.474. The Bertz CT molecular complexity index is 593. The van der Waals surface area contributed by atoms with Crippen LogP contribution in [-0.2, 0) is 6.42 Å². The van der Waals surface area contributed by atoms with Gasteiger partial charge >= 0.3 is 0 Å². The molecule has 0 spiro atoms. The van der Waals surface area contributed by atoms with Gasteiger partial charge in [-0.2, -0.15) is 5.26 Å². The van der Waals surface area contributed by atoms with Gasteiger partial charge in [-0.15, -0.1) is 0 Å². The minimum Gasteiger partial charge on any atom is -0.302 e. The Morgan fingerprint density at radius 1 is 1.53 bits per heavy atom. The molecule has 4 heteroatoms. The molecule has 0 bridgehead atoms. The molecule has 0 aliphatic rings. The molecular weight excluding hydrogens is 214 g/mol. The predicted molar refractivity (Wildman–Crippen MR) is 63.0 cm³/mol. The third-order valence-corrected chi connectivity index (χ3v) is 2.57. The standard InChI is InChI=1S/C13H11N3O/c1-2-13-15-5-6-16(13)12-4-3-10(9-17)7-11(12)8-14/h3-7,9H,2H2,1H3. The van der Waals surface area contributed by atoms with Crippen molar-refractivity contribution in [3.63, 3.8) is 0 Å². The molecule has 0 unspecified atom stereocenters. The van der Waals surface area contributed by atoms with Crippen LogP contribution in [0.4, 0.5) is 0 Å². The van der Waals surface area contributed by atoms with E-state index in [1.54, 1.807) is 24.4 Å². The highest BCUT2D eigenvalue weighted by molar-refractivity contribution is 5.76. The van der Waals surface area contributed by atoms with Gasteiger partial charge in [0.25, 0.3) is 0 Å². The number of hydrogen-bond acceptors (Lipinski definition) is 3. The van der Waals surface area contributed by atoms with E-state index in [4.69, 9.17) is 5.26 Å². The molecule has 2 rings (SSSR count). The summed E-state index contributed by atoms with van der Waals surface area (Å²) in [7, 11) is 0. The first-order valence-electron chi connectivity index (χ1n) is 5.32. The topological polar surface area (TPSA) is 58.7 Å². The fourth-order valence-electron chi connectivity index (χ4n) is 1.74. The number of aromatic nitrogens is 2. The number of carbonyl (C=O) groups excluding carboxylic acids is 1. The molecule has 1 aromatic heterocycles. The average molecular weight is 225 g/mol. The number of carbonyl (C=O) groups is 1. The van der Waals surface area contributed by atoms with Crippen LogP contribution in [0.3, 0.4) is 0 Å². The number of hydrogen-bond donors (Lipinski definition) is 0. The van der Waals surface area contributed by atoms with Gasteiger partial charge in [0.1, 0.15) is 18.2 Å². The lowest BCUT2D eigenvalue weighted by atomic mass is 10.1. The minimum atomic E-state index is 0.474. The molecule has 0 amide bonds. The summed E-state index contributed by atoms with van der Waals surface area (Å²) >= 11 is 0. The lowest BCUT2D eigenvalue weighted by Crippen LogP contribution is -2.02. The molecule has 0 aliphatic carbocycles. The van der Waals surface area contributed by atoms with Gasteiger partial charge in [0.15, 0.2) is 0 Å². The number of nitrogens with zero attached hydrogens (tertiary/aromatic N) is 3. The van der Waals surface area contributed by atoms with E-state index in [-0.39, 0.29) is 0 Å². The van der Waals surface area contributed by atoms with Crippen LogP contribution in [0.25, 0.3) is 5.69 Å². The molecular formula is C13H11N3O. The largest absolute Gasteiger partial charge is 0.302 e. The van der Waals surface area contributed by atoms with E-state index in [1.807, 2.05) is 17.7 Å². The Morgan fingerprint density at radius 2 is 2.35 bits per heavy atom. The van der Waals surface area contributed by atoms with Gasteiger partial charge in [-0.3, -0.25) is 4.79 Å². The summed E-state index contributed by atoms with van der Waals surface area (Å²) in [4.78, 5) is 14.9. The first-order valence-corrected chi connectivity index (χ1v) is 5.32. The summed E-state index contributed by atoms with van der Waals surface area (Å²) in [6, 6.07) is 7.15. The molecule has 1 heterocycles. The number of aryl methyl sites for hydroxylation is 1. The molecule has 0 N–H and O–H groups in total. The van der Waals surface area contributed by atoms with Crippen LogP contribution < -0.4 is 0 Å². The van der Waals surface area contributed by atoms with Crippen molar-refractivity contribution in [3.05, 3.63) is 47.5 Å². The molecule has 0 saturated carbocycles. The highest BCUT2D eigenvalue weighted by atomic mass is 16.1. The number of nitriles is 1. The number of aldehydes is 1. The molecule has 0 fully saturated rings. The lowest BCUT2D eigenvalue weighted by molar-refractivity contribution is 0.112. The van der Waals surface area contributed by atoms with Crippen LogP contribution in [0, 0.1) is 11.3 Å². The first-order chi connectivity index (χ1) is 8.30. The highest BCUT2D eigenvalue weighted by Gasteiger charge is 2.08. The normalized spacial score (nSPS) is 9.88. The predicted octanol–water partition coefficient (Wildman–Crippen LogP) is 2.12. The summed E-state index contributed by atoms with van der Waals surface area (Å²) < 4.78 is 1.87. The molecule has 4 nitrogen and oxygen atoms in total. The van der Waals surface area contributed by atoms with E-state index in [9.17, 15) is 4.79 Å². The molecule has 0 aliphatic heterocycles. The van der Waals surface area contributed by atoms with Crippen molar-refractivity contribution in [2.75, 3.05) is 0 Å². The Hall–Kier alpha value is -2.41. The molecule has 1 aromatic carbocycles. The van der Waals surface area contributed by atoms with Crippen molar-refractivity contribution >= 4 is 6.29 Å². The number of imidazole rings is 1. The van der Waals surface area contributed by atoms with Crippen molar-refractivity contribution in [3.8, 4) is 11.8 Å². The van der Waals surface area contributed by atoms with E-state index in [1.165, 1.54) is 0 Å². The Balaban J connectivity index is 2.60. The van der Waals surface area contributed by atoms with Crippen molar-refractivity contribution in [1.29, 1.82) is 5.26 Å². The van der Waals surface area contributed by atoms with Gasteiger partial charge < -0.3 is 4.57 Å². The fourth-order valence-corrected chi connectivity index (χ4v) is 1.74. The monoisotopic (exact) mass is 225 g/mol. The maximum absolute atomic E-state index is 10.7. The Labute approximate surface area is 99.1 Å². The zero-order chi connectivity index (χ0) is 12.3. The third kappa shape index (κ3) is 1.95. The van der Waals surface area contributed by atoms with Crippen LogP contribution in [0.15, 0.2) is 30.6 Å². The summed E-state index contributed by atoms with van der Waals surface area (Å²) in [6.07, 6.45) is 5.04. The van der Waals surface area contributed by atoms with Crippen LogP contribution in [0.1, 0.15) is 28.7 Å². The van der Waals surface area contributed by atoms with Crippen LogP contribution in [0.2, 0.25) is 0 Å². The van der Waals surface area contributed by atoms with E-state index in [0.717, 1.165) is 24.2 Å². The first kappa shape index (κ1) is 11.1. The molecule has 84 valence electrons. The summed E-state index contributed by atoms with van der Waals surface area (Å²) in [5, 5.41) is 9.10. The number of rotatable bonds is 3. The van der Waals surface area contributed by atoms with Gasteiger partial charge in [-0.05, 0) is 18.2 Å². The quantitative estimate of drug-likeness (QED) is 0.752. The number of benzene rings is 1. The smallest absolute Gasteiger partial charge is 0.150 e. The fraction of sp³-hybridized carbons (Fsp3) is 0.154. The van der Waals surface area contributed by atoms with E-state index in [0.29, 0.717) is 11.1 Å². The summed E-state index contributed by atoms with van der Waals surface area (Å²) in [5.41, 5.74) is 1.73. The third-order valence-electron chi connectivity index (χ3n) is 2.57. The summed E-state index contributed by atoms with van der Waals surface area (Å²) in [6.45, 7) is 2.00. The van der Waals surface area contributed by atoms with Crippen LogP contribution >= 0.6 is 0 Å². The second-order valence-corrected chi connectivity index (χ2v) is 3.57. The van der Waals surface area contributed by atoms with E-state index in [2.05, 4.69) is 11.1 Å². The van der Waals surface area contributed by atoms with Gasteiger partial charge in [-0.1, -0.05) is 6.92 Å². The average Bonchev–Trinajstić information content (AvgIpc) is 2.85. The van der Waals surface area contributed by atoms with Crippen molar-refractivity contribution in [2.24, 2.45) is 0 Å². The second-order valence-electron chi connectivity index (χ2n) is 3.57. The molecule has 0 atom stereocenters. The van der Waals surface area contributed by atoms with Crippen molar-refractivity contribution in [2.45, 2.75) is 13.3 Å². The Morgan fingerprint density at radius 3 is 3.00 bits per heavy atom. The van der Waals surface area contributed by atoms with Crippen molar-refractivity contribution in [1.82, 2.24) is 9.55 Å². The van der Waals surface area contributed by atoms with Gasteiger partial charge in [-0.25, -0.2) is 4.98 Å². The van der Waals surface area contributed by atoms with Crippen LogP contribution in [-0.4, -0.2) is 15.8 Å². The van der Waals surface area contributed by atoms with Gasteiger partial charge in [0.2, 0.25) is 0 Å². The Kier molecular flexibility index (Phi) is 3.01. The molecule has 17 heavy (non-hydrogen) atoms. The molecule has 0 saturated heterocycles. The zero-order valence-corrected chi connectivity index (χ0v) is 9.42. The highest BCUT2D eigenvalue weighted by Crippen LogP contribution is 2.17. The van der Waals surface area contributed by atoms with Gasteiger partial charge in [0.05, 0.1) is 11.3 Å². The maximum atomic E-state index is 10.7. The molecule has 0 radical (unpaired) electrons. The SMILES string of the molecule is CCc1nccn1-c1ccc(C=O)cc1C#N. The lowest BCUT2D eigenvalue weighted by Gasteiger charge is -2.08. The van der Waals surface area contributed by atoms with Gasteiger partial charge in [0, 0.05) is 24.4 Å². The molecule has 2 aromatic rings. The van der Waals surface area contributed by atoms with E-state index < -0.39 is 0 Å². The van der Waals surface area contributed by atoms with Crippen molar-refractivity contribution < 1.29 is 4.79 Å².